The Morgan fingerprint density at radius 1 is 0.964 bits per heavy atom. The van der Waals surface area contributed by atoms with E-state index in [9.17, 15) is 0 Å². The van der Waals surface area contributed by atoms with Crippen LogP contribution in [0, 0.1) is 6.92 Å². The summed E-state index contributed by atoms with van der Waals surface area (Å²) in [6.07, 6.45) is 1.59. The maximum atomic E-state index is 5.88. The number of hydrogen-bond donors (Lipinski definition) is 1. The summed E-state index contributed by atoms with van der Waals surface area (Å²) in [7, 11) is 0. The van der Waals surface area contributed by atoms with E-state index in [2.05, 4.69) is 44.7 Å². The number of aromatic amines is 1. The molecule has 2 heterocycles. The number of aromatic nitrogens is 5. The number of nitrogens with one attached hydrogen (secondary N) is 1. The molecular formula is C21H21N5O2. The van der Waals surface area contributed by atoms with E-state index in [0.717, 1.165) is 41.4 Å². The maximum absolute atomic E-state index is 5.88. The first-order chi connectivity index (χ1) is 13.8. The summed E-state index contributed by atoms with van der Waals surface area (Å²) in [5, 5.41) is 14.8. The number of ether oxygens (including phenoxy) is 2. The van der Waals surface area contributed by atoms with Crippen LogP contribution in [-0.2, 0) is 13.0 Å². The lowest BCUT2D eigenvalue weighted by atomic mass is 10.1. The van der Waals surface area contributed by atoms with Crippen LogP contribution in [0.15, 0.2) is 54.6 Å². The molecule has 0 spiro atoms. The van der Waals surface area contributed by atoms with Gasteiger partial charge in [-0.3, -0.25) is 0 Å². The molecule has 142 valence electrons. The van der Waals surface area contributed by atoms with Crippen molar-refractivity contribution in [2.75, 3.05) is 6.61 Å². The fraction of sp³-hybridized carbons (Fsp3) is 0.238. The summed E-state index contributed by atoms with van der Waals surface area (Å²) in [4.78, 5) is 4.67. The Morgan fingerprint density at radius 2 is 1.75 bits per heavy atom. The minimum absolute atomic E-state index is 0.428. The summed E-state index contributed by atoms with van der Waals surface area (Å²) < 4.78 is 11.6. The van der Waals surface area contributed by atoms with E-state index < -0.39 is 0 Å². The summed E-state index contributed by atoms with van der Waals surface area (Å²) in [5.41, 5.74) is 3.11. The van der Waals surface area contributed by atoms with Crippen LogP contribution in [0.25, 0.3) is 10.9 Å². The van der Waals surface area contributed by atoms with Gasteiger partial charge in [-0.15, -0.1) is 5.10 Å². The minimum atomic E-state index is 0.428. The van der Waals surface area contributed by atoms with Gasteiger partial charge in [0.05, 0.1) is 17.8 Å². The highest BCUT2D eigenvalue weighted by Crippen LogP contribution is 2.21. The lowest BCUT2D eigenvalue weighted by molar-refractivity contribution is 0.296. The van der Waals surface area contributed by atoms with Gasteiger partial charge >= 0.3 is 0 Å². The molecule has 7 nitrogen and oxygen atoms in total. The number of nitrogens with zero attached hydrogens (tertiary/aromatic N) is 4. The van der Waals surface area contributed by atoms with Gasteiger partial charge in [0.15, 0.2) is 0 Å². The van der Waals surface area contributed by atoms with Crippen molar-refractivity contribution in [3.63, 3.8) is 0 Å². The second kappa shape index (κ2) is 8.47. The zero-order valence-electron chi connectivity index (χ0n) is 15.6. The molecule has 0 aliphatic carbocycles. The first kappa shape index (κ1) is 17.9. The molecule has 0 bridgehead atoms. The molecule has 0 atom stereocenters. The zero-order valence-corrected chi connectivity index (χ0v) is 15.6. The molecule has 0 unspecified atom stereocenters. The second-order valence-electron chi connectivity index (χ2n) is 6.51. The number of tetrazole rings is 1. The molecular weight excluding hydrogens is 354 g/mol. The van der Waals surface area contributed by atoms with Gasteiger partial charge in [0.2, 0.25) is 0 Å². The number of H-pyrrole nitrogens is 1. The van der Waals surface area contributed by atoms with Crippen molar-refractivity contribution >= 4 is 10.9 Å². The Hall–Kier alpha value is -3.48. The van der Waals surface area contributed by atoms with E-state index in [1.807, 2.05) is 42.5 Å². The van der Waals surface area contributed by atoms with Gasteiger partial charge in [-0.05, 0) is 65.7 Å². The average molecular weight is 375 g/mol. The van der Waals surface area contributed by atoms with Crippen molar-refractivity contribution in [3.05, 3.63) is 71.7 Å². The predicted molar refractivity (Wildman–Crippen MR) is 105 cm³/mol. The molecule has 4 rings (SSSR count). The molecule has 1 N–H and O–H groups in total. The Morgan fingerprint density at radius 3 is 2.54 bits per heavy atom. The molecule has 2 aromatic heterocycles. The maximum Gasteiger partial charge on any atom is 0.148 e. The summed E-state index contributed by atoms with van der Waals surface area (Å²) in [6, 6.07) is 17.8. The second-order valence-corrected chi connectivity index (χ2v) is 6.51. The van der Waals surface area contributed by atoms with E-state index in [4.69, 9.17) is 9.47 Å². The fourth-order valence-electron chi connectivity index (χ4n) is 3.00. The van der Waals surface area contributed by atoms with E-state index in [1.165, 1.54) is 10.9 Å². The van der Waals surface area contributed by atoms with Crippen molar-refractivity contribution in [2.24, 2.45) is 0 Å². The molecule has 2 aromatic carbocycles. The van der Waals surface area contributed by atoms with Crippen molar-refractivity contribution < 1.29 is 9.47 Å². The Labute approximate surface area is 162 Å². The SMILES string of the molecule is Cc1cc(COc2ccc(OCCCc3nnn[nH]3)cc2)nc2ccccc12. The Bertz CT molecular complexity index is 1030. The van der Waals surface area contributed by atoms with Gasteiger partial charge in [0, 0.05) is 11.8 Å². The number of hydrogen-bond acceptors (Lipinski definition) is 6. The monoisotopic (exact) mass is 375 g/mol. The molecule has 28 heavy (non-hydrogen) atoms. The van der Waals surface area contributed by atoms with Crippen LogP contribution in [0.3, 0.4) is 0 Å². The van der Waals surface area contributed by atoms with Crippen LogP contribution in [0.1, 0.15) is 23.5 Å². The lowest BCUT2D eigenvalue weighted by Gasteiger charge is -2.10. The van der Waals surface area contributed by atoms with E-state index in [1.54, 1.807) is 0 Å². The molecule has 4 aromatic rings. The van der Waals surface area contributed by atoms with Gasteiger partial charge in [-0.25, -0.2) is 10.1 Å². The molecule has 7 heteroatoms. The molecule has 0 fully saturated rings. The van der Waals surface area contributed by atoms with Crippen molar-refractivity contribution in [1.29, 1.82) is 0 Å². The average Bonchev–Trinajstić information content (AvgIpc) is 3.24. The van der Waals surface area contributed by atoms with Gasteiger partial charge < -0.3 is 9.47 Å². The summed E-state index contributed by atoms with van der Waals surface area (Å²) >= 11 is 0. The number of para-hydroxylation sites is 1. The largest absolute Gasteiger partial charge is 0.494 e. The van der Waals surface area contributed by atoms with Crippen LogP contribution in [0.5, 0.6) is 11.5 Å². The number of pyridine rings is 1. The Balaban J connectivity index is 1.28. The number of benzene rings is 2. The van der Waals surface area contributed by atoms with E-state index in [-0.39, 0.29) is 0 Å². The highest BCUT2D eigenvalue weighted by atomic mass is 16.5. The highest BCUT2D eigenvalue weighted by molar-refractivity contribution is 5.81. The lowest BCUT2D eigenvalue weighted by Crippen LogP contribution is -2.01. The van der Waals surface area contributed by atoms with Gasteiger partial charge in [0.25, 0.3) is 0 Å². The molecule has 0 aliphatic rings. The first-order valence-electron chi connectivity index (χ1n) is 9.21. The first-order valence-corrected chi connectivity index (χ1v) is 9.21. The van der Waals surface area contributed by atoms with E-state index in [0.29, 0.717) is 13.2 Å². The Kier molecular flexibility index (Phi) is 5.42. The smallest absolute Gasteiger partial charge is 0.148 e. The highest BCUT2D eigenvalue weighted by Gasteiger charge is 2.04. The van der Waals surface area contributed by atoms with Crippen LogP contribution in [0.2, 0.25) is 0 Å². The molecule has 0 radical (unpaired) electrons. The van der Waals surface area contributed by atoms with Crippen molar-refractivity contribution in [1.82, 2.24) is 25.6 Å². The fourth-order valence-corrected chi connectivity index (χ4v) is 3.00. The molecule has 0 saturated heterocycles. The normalized spacial score (nSPS) is 10.9. The third-order valence-electron chi connectivity index (χ3n) is 4.40. The topological polar surface area (TPSA) is 85.8 Å². The van der Waals surface area contributed by atoms with Gasteiger partial charge in [-0.2, -0.15) is 0 Å². The molecule has 0 amide bonds. The molecule has 0 saturated carbocycles. The van der Waals surface area contributed by atoms with Crippen LogP contribution in [0.4, 0.5) is 0 Å². The standard InChI is InChI=1S/C21H21N5O2/c1-15-13-16(22-20-6-3-2-5-19(15)20)14-28-18-10-8-17(9-11-18)27-12-4-7-21-23-25-26-24-21/h2-3,5-6,8-11,13H,4,7,12,14H2,1H3,(H,23,24,25,26). The molecule has 0 aliphatic heterocycles. The quantitative estimate of drug-likeness (QED) is 0.473. The number of aryl methyl sites for hydroxylation is 2. The third kappa shape index (κ3) is 4.43. The van der Waals surface area contributed by atoms with Crippen LogP contribution < -0.4 is 9.47 Å². The van der Waals surface area contributed by atoms with Crippen LogP contribution in [-0.4, -0.2) is 32.2 Å². The number of fused-ring (bicyclic) bond motifs is 1. The number of rotatable bonds is 8. The van der Waals surface area contributed by atoms with Crippen LogP contribution >= 0.6 is 0 Å². The van der Waals surface area contributed by atoms with Gasteiger partial charge in [0.1, 0.15) is 23.9 Å². The minimum Gasteiger partial charge on any atom is -0.494 e. The van der Waals surface area contributed by atoms with E-state index >= 15 is 0 Å². The van der Waals surface area contributed by atoms with Crippen molar-refractivity contribution in [2.45, 2.75) is 26.4 Å². The summed E-state index contributed by atoms with van der Waals surface area (Å²) in [6.45, 7) is 3.12. The van der Waals surface area contributed by atoms with Gasteiger partial charge in [-0.1, -0.05) is 18.2 Å². The summed E-state index contributed by atoms with van der Waals surface area (Å²) in [5.74, 6) is 2.36. The predicted octanol–water partition coefficient (Wildman–Crippen LogP) is 3.65. The zero-order chi connectivity index (χ0) is 19.2. The third-order valence-corrected chi connectivity index (χ3v) is 4.40. The van der Waals surface area contributed by atoms with Crippen molar-refractivity contribution in [3.8, 4) is 11.5 Å².